The third kappa shape index (κ3) is 5.58. The molecule has 0 saturated carbocycles. The smallest absolute Gasteiger partial charge is 0.244 e. The fraction of sp³-hybridized carbons (Fsp3) is 0.176. The van der Waals surface area contributed by atoms with Gasteiger partial charge in [-0.05, 0) is 48.4 Å². The van der Waals surface area contributed by atoms with Gasteiger partial charge in [0, 0.05) is 5.02 Å². The normalized spacial score (nSPS) is 10.7. The molecule has 0 aliphatic heterocycles. The van der Waals surface area contributed by atoms with Gasteiger partial charge in [-0.1, -0.05) is 35.3 Å². The number of nitrogens with zero attached hydrogens (tertiary/aromatic N) is 1. The molecule has 2 aromatic rings. The van der Waals surface area contributed by atoms with Crippen molar-refractivity contribution in [2.45, 2.75) is 13.3 Å². The Balaban J connectivity index is 1.89. The predicted octanol–water partition coefficient (Wildman–Crippen LogP) is 4.08. The molecule has 0 aromatic heterocycles. The molecule has 120 valence electrons. The molecule has 0 spiro atoms. The summed E-state index contributed by atoms with van der Waals surface area (Å²) in [4.78, 5) is 11.8. The van der Waals surface area contributed by atoms with Crippen molar-refractivity contribution in [3.8, 4) is 5.75 Å². The number of amides is 1. The van der Waals surface area contributed by atoms with Crippen molar-refractivity contribution in [2.75, 3.05) is 6.61 Å². The van der Waals surface area contributed by atoms with Gasteiger partial charge < -0.3 is 4.74 Å². The van der Waals surface area contributed by atoms with E-state index in [-0.39, 0.29) is 12.3 Å². The van der Waals surface area contributed by atoms with Gasteiger partial charge in [0.2, 0.25) is 5.91 Å². The van der Waals surface area contributed by atoms with Gasteiger partial charge in [0.05, 0.1) is 24.3 Å². The molecule has 0 radical (unpaired) electrons. The average Bonchev–Trinajstić information content (AvgIpc) is 2.52. The second-order valence-electron chi connectivity index (χ2n) is 4.72. The SMILES string of the molecule is CCOc1ccc(/C=N\NC(=O)Cc2ccc(Cl)cc2)cc1Cl. The maximum Gasteiger partial charge on any atom is 0.244 e. The minimum atomic E-state index is -0.208. The van der Waals surface area contributed by atoms with E-state index >= 15 is 0 Å². The Morgan fingerprint density at radius 3 is 2.61 bits per heavy atom. The van der Waals surface area contributed by atoms with Crippen molar-refractivity contribution in [2.24, 2.45) is 5.10 Å². The van der Waals surface area contributed by atoms with E-state index in [1.165, 1.54) is 6.21 Å². The molecule has 23 heavy (non-hydrogen) atoms. The lowest BCUT2D eigenvalue weighted by molar-refractivity contribution is -0.120. The minimum absolute atomic E-state index is 0.208. The number of carbonyl (C=O) groups is 1. The highest BCUT2D eigenvalue weighted by Gasteiger charge is 2.03. The molecule has 0 saturated heterocycles. The lowest BCUT2D eigenvalue weighted by atomic mass is 10.1. The van der Waals surface area contributed by atoms with E-state index in [0.717, 1.165) is 11.1 Å². The van der Waals surface area contributed by atoms with Gasteiger partial charge in [-0.2, -0.15) is 5.10 Å². The van der Waals surface area contributed by atoms with Crippen molar-refractivity contribution in [1.29, 1.82) is 0 Å². The first kappa shape index (κ1) is 17.3. The van der Waals surface area contributed by atoms with Crippen LogP contribution in [0.15, 0.2) is 47.6 Å². The van der Waals surface area contributed by atoms with Gasteiger partial charge in [-0.25, -0.2) is 5.43 Å². The quantitative estimate of drug-likeness (QED) is 0.630. The lowest BCUT2D eigenvalue weighted by Crippen LogP contribution is -2.19. The summed E-state index contributed by atoms with van der Waals surface area (Å²) in [5.74, 6) is 0.415. The second-order valence-corrected chi connectivity index (χ2v) is 5.56. The number of ether oxygens (including phenoxy) is 1. The zero-order chi connectivity index (χ0) is 16.7. The molecule has 1 amide bonds. The standard InChI is InChI=1S/C17H16Cl2N2O2/c1-2-23-16-8-5-13(9-15(16)19)11-20-21-17(22)10-12-3-6-14(18)7-4-12/h3-9,11H,2,10H2,1H3,(H,21,22)/b20-11-. The number of hydrogen-bond acceptors (Lipinski definition) is 3. The van der Waals surface area contributed by atoms with Crippen molar-refractivity contribution in [3.63, 3.8) is 0 Å². The zero-order valence-corrected chi connectivity index (χ0v) is 14.1. The summed E-state index contributed by atoms with van der Waals surface area (Å²) < 4.78 is 5.35. The van der Waals surface area contributed by atoms with Crippen LogP contribution in [0.4, 0.5) is 0 Å². The summed E-state index contributed by atoms with van der Waals surface area (Å²) in [6.45, 7) is 2.44. The van der Waals surface area contributed by atoms with Crippen molar-refractivity contribution < 1.29 is 9.53 Å². The van der Waals surface area contributed by atoms with Gasteiger partial charge >= 0.3 is 0 Å². The second kappa shape index (κ2) is 8.56. The van der Waals surface area contributed by atoms with Gasteiger partial charge in [-0.15, -0.1) is 0 Å². The van der Waals surface area contributed by atoms with Crippen molar-refractivity contribution >= 4 is 35.3 Å². The Morgan fingerprint density at radius 1 is 1.22 bits per heavy atom. The molecule has 0 fully saturated rings. The van der Waals surface area contributed by atoms with Crippen LogP contribution in [0.1, 0.15) is 18.1 Å². The molecule has 2 rings (SSSR count). The van der Waals surface area contributed by atoms with E-state index < -0.39 is 0 Å². The van der Waals surface area contributed by atoms with Crippen LogP contribution in [0, 0.1) is 0 Å². The van der Waals surface area contributed by atoms with Gasteiger partial charge in [-0.3, -0.25) is 4.79 Å². The number of carbonyl (C=O) groups excluding carboxylic acids is 1. The monoisotopic (exact) mass is 350 g/mol. The Bertz CT molecular complexity index is 700. The van der Waals surface area contributed by atoms with Crippen molar-refractivity contribution in [1.82, 2.24) is 5.43 Å². The third-order valence-electron chi connectivity index (χ3n) is 2.94. The number of halogens is 2. The Hall–Kier alpha value is -2.04. The Kier molecular flexibility index (Phi) is 6.44. The van der Waals surface area contributed by atoms with Crippen LogP contribution in [-0.2, 0) is 11.2 Å². The summed E-state index contributed by atoms with van der Waals surface area (Å²) in [6, 6.07) is 12.4. The lowest BCUT2D eigenvalue weighted by Gasteiger charge is -2.05. The summed E-state index contributed by atoms with van der Waals surface area (Å²) in [6.07, 6.45) is 1.76. The largest absolute Gasteiger partial charge is 0.492 e. The van der Waals surface area contributed by atoms with Crippen molar-refractivity contribution in [3.05, 3.63) is 63.6 Å². The van der Waals surface area contributed by atoms with E-state index in [1.54, 1.807) is 36.4 Å². The topological polar surface area (TPSA) is 50.7 Å². The molecule has 0 aliphatic rings. The van der Waals surface area contributed by atoms with Crippen LogP contribution in [0.3, 0.4) is 0 Å². The van der Waals surface area contributed by atoms with E-state index in [0.29, 0.717) is 22.4 Å². The molecule has 0 bridgehead atoms. The van der Waals surface area contributed by atoms with Crippen LogP contribution in [0.5, 0.6) is 5.75 Å². The number of benzene rings is 2. The van der Waals surface area contributed by atoms with Gasteiger partial charge in [0.25, 0.3) is 0 Å². The zero-order valence-electron chi connectivity index (χ0n) is 12.6. The molecule has 6 heteroatoms. The maximum absolute atomic E-state index is 11.8. The molecular formula is C17H16Cl2N2O2. The first-order valence-corrected chi connectivity index (χ1v) is 7.82. The van der Waals surface area contributed by atoms with E-state index in [1.807, 2.05) is 13.0 Å². The van der Waals surface area contributed by atoms with E-state index in [2.05, 4.69) is 10.5 Å². The van der Waals surface area contributed by atoms with Crippen LogP contribution in [-0.4, -0.2) is 18.7 Å². The minimum Gasteiger partial charge on any atom is -0.492 e. The molecule has 1 N–H and O–H groups in total. The third-order valence-corrected chi connectivity index (χ3v) is 3.48. The molecular weight excluding hydrogens is 335 g/mol. The molecule has 0 aliphatic carbocycles. The fourth-order valence-electron chi connectivity index (χ4n) is 1.88. The molecule has 0 unspecified atom stereocenters. The molecule has 4 nitrogen and oxygen atoms in total. The van der Waals surface area contributed by atoms with Crippen LogP contribution >= 0.6 is 23.2 Å². The van der Waals surface area contributed by atoms with E-state index in [9.17, 15) is 4.79 Å². The summed E-state index contributed by atoms with van der Waals surface area (Å²) in [5.41, 5.74) is 4.11. The predicted molar refractivity (Wildman–Crippen MR) is 93.5 cm³/mol. The highest BCUT2D eigenvalue weighted by molar-refractivity contribution is 6.32. The van der Waals surface area contributed by atoms with Crippen LogP contribution < -0.4 is 10.2 Å². The Morgan fingerprint density at radius 2 is 1.96 bits per heavy atom. The first-order chi connectivity index (χ1) is 11.1. The summed E-state index contributed by atoms with van der Waals surface area (Å²) in [5, 5.41) is 5.06. The molecule has 2 aromatic carbocycles. The van der Waals surface area contributed by atoms with E-state index in [4.69, 9.17) is 27.9 Å². The summed E-state index contributed by atoms with van der Waals surface area (Å²) in [7, 11) is 0. The first-order valence-electron chi connectivity index (χ1n) is 7.07. The molecule has 0 atom stereocenters. The fourth-order valence-corrected chi connectivity index (χ4v) is 2.25. The molecule has 0 heterocycles. The van der Waals surface area contributed by atoms with Gasteiger partial charge in [0.15, 0.2) is 0 Å². The highest BCUT2D eigenvalue weighted by atomic mass is 35.5. The highest BCUT2D eigenvalue weighted by Crippen LogP contribution is 2.24. The average molecular weight is 351 g/mol. The number of hydrogen-bond donors (Lipinski definition) is 1. The van der Waals surface area contributed by atoms with Crippen LogP contribution in [0.2, 0.25) is 10.0 Å². The van der Waals surface area contributed by atoms with Gasteiger partial charge in [0.1, 0.15) is 5.75 Å². The Labute approximate surface area is 145 Å². The van der Waals surface area contributed by atoms with Crippen LogP contribution in [0.25, 0.3) is 0 Å². The number of nitrogens with one attached hydrogen (secondary N) is 1. The maximum atomic E-state index is 11.8. The summed E-state index contributed by atoms with van der Waals surface area (Å²) >= 11 is 11.9. The number of hydrazone groups is 1. The number of rotatable bonds is 6.